The lowest BCUT2D eigenvalue weighted by atomic mass is 9.98. The lowest BCUT2D eigenvalue weighted by Crippen LogP contribution is -2.41. The Morgan fingerprint density at radius 1 is 0.967 bits per heavy atom. The number of hydrogen-bond acceptors (Lipinski definition) is 4. The summed E-state index contributed by atoms with van der Waals surface area (Å²) in [6.07, 6.45) is 2.64. The topological polar surface area (TPSA) is 113 Å². The van der Waals surface area contributed by atoms with Crippen LogP contribution in [0.2, 0.25) is 0 Å². The largest absolute Gasteiger partial charge is 0.481 e. The third-order valence-corrected chi connectivity index (χ3v) is 5.00. The lowest BCUT2D eigenvalue weighted by Gasteiger charge is -2.16. The Bertz CT molecular complexity index is 922. The van der Waals surface area contributed by atoms with Gasteiger partial charge < -0.3 is 20.3 Å². The number of aliphatic carboxylic acids is 2. The highest BCUT2D eigenvalue weighted by Gasteiger charge is 2.29. The molecular weight excluding hydrogens is 386 g/mol. The predicted octanol–water partition coefficient (Wildman–Crippen LogP) is 3.79. The van der Waals surface area contributed by atoms with Crippen LogP contribution in [0.4, 0.5) is 4.79 Å². The van der Waals surface area contributed by atoms with Crippen molar-refractivity contribution in [3.05, 3.63) is 71.8 Å². The fourth-order valence-corrected chi connectivity index (χ4v) is 3.56. The van der Waals surface area contributed by atoms with Crippen LogP contribution in [-0.4, -0.2) is 40.9 Å². The number of benzene rings is 2. The highest BCUT2D eigenvalue weighted by atomic mass is 16.5. The van der Waals surface area contributed by atoms with E-state index in [1.807, 2.05) is 48.5 Å². The summed E-state index contributed by atoms with van der Waals surface area (Å²) in [5.74, 6) is -2.22. The van der Waals surface area contributed by atoms with Crippen LogP contribution in [-0.2, 0) is 14.3 Å². The van der Waals surface area contributed by atoms with E-state index < -0.39 is 24.1 Å². The average molecular weight is 409 g/mol. The van der Waals surface area contributed by atoms with E-state index in [1.165, 1.54) is 0 Å². The smallest absolute Gasteiger partial charge is 0.407 e. The molecule has 0 aliphatic heterocycles. The minimum absolute atomic E-state index is 0.0337. The van der Waals surface area contributed by atoms with Gasteiger partial charge in [-0.2, -0.15) is 0 Å². The normalized spacial score (nSPS) is 13.5. The quantitative estimate of drug-likeness (QED) is 0.543. The molecule has 7 nitrogen and oxygen atoms in total. The van der Waals surface area contributed by atoms with Gasteiger partial charge in [0.2, 0.25) is 0 Å². The van der Waals surface area contributed by atoms with Crippen LogP contribution in [0.3, 0.4) is 0 Å². The summed E-state index contributed by atoms with van der Waals surface area (Å²) in [5.41, 5.74) is 4.36. The van der Waals surface area contributed by atoms with E-state index in [1.54, 1.807) is 12.2 Å². The molecule has 30 heavy (non-hydrogen) atoms. The maximum atomic E-state index is 12.2. The molecule has 156 valence electrons. The second kappa shape index (κ2) is 9.73. The maximum Gasteiger partial charge on any atom is 0.407 e. The van der Waals surface area contributed by atoms with Crippen molar-refractivity contribution in [3.8, 4) is 11.1 Å². The third-order valence-electron chi connectivity index (χ3n) is 5.00. The number of amides is 1. The third kappa shape index (κ3) is 5.05. The van der Waals surface area contributed by atoms with Crippen molar-refractivity contribution in [2.45, 2.75) is 31.2 Å². The highest BCUT2D eigenvalue weighted by molar-refractivity contribution is 5.81. The first-order valence-corrected chi connectivity index (χ1v) is 9.68. The van der Waals surface area contributed by atoms with E-state index in [4.69, 9.17) is 9.84 Å². The van der Waals surface area contributed by atoms with Gasteiger partial charge in [-0.15, -0.1) is 0 Å². The Balaban J connectivity index is 1.58. The molecule has 0 saturated carbocycles. The number of carbonyl (C=O) groups excluding carboxylic acids is 1. The SMILES string of the molecule is O=C(O)CCC=CC[C@H](NC(=O)OCC1c2ccccc2-c2ccccc21)C(=O)O. The zero-order valence-electron chi connectivity index (χ0n) is 16.3. The van der Waals surface area contributed by atoms with Crippen LogP contribution >= 0.6 is 0 Å². The zero-order chi connectivity index (χ0) is 21.5. The summed E-state index contributed by atoms with van der Waals surface area (Å²) in [6.45, 7) is 0.0979. The molecular formula is C23H23NO6. The first-order chi connectivity index (χ1) is 14.5. The molecule has 0 unspecified atom stereocenters. The van der Waals surface area contributed by atoms with Gasteiger partial charge in [0.25, 0.3) is 0 Å². The van der Waals surface area contributed by atoms with Crippen molar-refractivity contribution in [2.24, 2.45) is 0 Å². The Labute approximate surface area is 174 Å². The molecule has 7 heteroatoms. The molecule has 1 atom stereocenters. The van der Waals surface area contributed by atoms with E-state index in [9.17, 15) is 19.5 Å². The number of allylic oxidation sites excluding steroid dienone is 1. The van der Waals surface area contributed by atoms with Crippen molar-refractivity contribution in [2.75, 3.05) is 6.61 Å². The number of alkyl carbamates (subject to hydrolysis) is 1. The number of carboxylic acid groups (broad SMARTS) is 2. The molecule has 0 fully saturated rings. The standard InChI is InChI=1S/C23H23NO6/c25-21(26)13-3-1-2-12-20(22(27)28)24-23(29)30-14-19-17-10-6-4-8-15(17)16-9-5-7-11-18(16)19/h1-2,4-11,19-20H,3,12-14H2,(H,24,29)(H,25,26)(H,27,28)/t20-/m0/s1. The number of carbonyl (C=O) groups is 3. The molecule has 1 aliphatic rings. The summed E-state index contributed by atoms with van der Waals surface area (Å²) in [4.78, 5) is 34.1. The molecule has 0 heterocycles. The molecule has 3 N–H and O–H groups in total. The molecule has 0 aromatic heterocycles. The van der Waals surface area contributed by atoms with Gasteiger partial charge >= 0.3 is 18.0 Å². The summed E-state index contributed by atoms with van der Waals surface area (Å²) < 4.78 is 5.36. The van der Waals surface area contributed by atoms with Gasteiger partial charge in [-0.1, -0.05) is 60.7 Å². The molecule has 0 spiro atoms. The lowest BCUT2D eigenvalue weighted by molar-refractivity contribution is -0.139. The molecule has 2 aromatic rings. The molecule has 0 saturated heterocycles. The van der Waals surface area contributed by atoms with E-state index >= 15 is 0 Å². The van der Waals surface area contributed by atoms with E-state index in [0.29, 0.717) is 6.42 Å². The van der Waals surface area contributed by atoms with Crippen LogP contribution in [0, 0.1) is 0 Å². The van der Waals surface area contributed by atoms with Crippen molar-refractivity contribution in [1.29, 1.82) is 0 Å². The van der Waals surface area contributed by atoms with Gasteiger partial charge in [0.15, 0.2) is 0 Å². The summed E-state index contributed by atoms with van der Waals surface area (Å²) in [5, 5.41) is 20.3. The Morgan fingerprint density at radius 2 is 1.57 bits per heavy atom. The van der Waals surface area contributed by atoms with Gasteiger partial charge in [-0.05, 0) is 35.1 Å². The molecule has 2 aromatic carbocycles. The summed E-state index contributed by atoms with van der Waals surface area (Å²) in [7, 11) is 0. The number of hydrogen-bond donors (Lipinski definition) is 3. The molecule has 3 rings (SSSR count). The Hall–Kier alpha value is -3.61. The second-order valence-electron chi connectivity index (χ2n) is 7.00. The van der Waals surface area contributed by atoms with Crippen molar-refractivity contribution in [1.82, 2.24) is 5.32 Å². The average Bonchev–Trinajstić information content (AvgIpc) is 3.04. The Kier molecular flexibility index (Phi) is 6.85. The number of rotatable bonds is 9. The van der Waals surface area contributed by atoms with Crippen LogP contribution in [0.1, 0.15) is 36.3 Å². The fourth-order valence-electron chi connectivity index (χ4n) is 3.56. The van der Waals surface area contributed by atoms with E-state index in [0.717, 1.165) is 22.3 Å². The number of carboxylic acids is 2. The monoisotopic (exact) mass is 409 g/mol. The predicted molar refractivity (Wildman–Crippen MR) is 110 cm³/mol. The number of nitrogens with one attached hydrogen (secondary N) is 1. The van der Waals surface area contributed by atoms with Crippen LogP contribution < -0.4 is 5.32 Å². The Morgan fingerprint density at radius 3 is 2.13 bits per heavy atom. The van der Waals surface area contributed by atoms with Crippen LogP contribution in [0.15, 0.2) is 60.7 Å². The van der Waals surface area contributed by atoms with Gasteiger partial charge in [0.1, 0.15) is 12.6 Å². The summed E-state index contributed by atoms with van der Waals surface area (Å²) in [6, 6.07) is 14.7. The van der Waals surface area contributed by atoms with E-state index in [-0.39, 0.29) is 25.4 Å². The highest BCUT2D eigenvalue weighted by Crippen LogP contribution is 2.44. The molecule has 0 radical (unpaired) electrons. The maximum absolute atomic E-state index is 12.2. The minimum atomic E-state index is -1.19. The molecule has 1 amide bonds. The van der Waals surface area contributed by atoms with Crippen LogP contribution in [0.5, 0.6) is 0 Å². The van der Waals surface area contributed by atoms with Crippen molar-refractivity contribution < 1.29 is 29.3 Å². The van der Waals surface area contributed by atoms with Gasteiger partial charge in [0, 0.05) is 12.3 Å². The van der Waals surface area contributed by atoms with E-state index in [2.05, 4.69) is 5.32 Å². The van der Waals surface area contributed by atoms with Gasteiger partial charge in [-0.3, -0.25) is 4.79 Å². The summed E-state index contributed by atoms with van der Waals surface area (Å²) >= 11 is 0. The number of fused-ring (bicyclic) bond motifs is 3. The first-order valence-electron chi connectivity index (χ1n) is 9.68. The fraction of sp³-hybridized carbons (Fsp3) is 0.261. The van der Waals surface area contributed by atoms with Gasteiger partial charge in [0.05, 0.1) is 0 Å². The number of ether oxygens (including phenoxy) is 1. The second-order valence-corrected chi connectivity index (χ2v) is 7.00. The molecule has 0 bridgehead atoms. The first kappa shape index (κ1) is 21.1. The van der Waals surface area contributed by atoms with Gasteiger partial charge in [-0.25, -0.2) is 9.59 Å². The van der Waals surface area contributed by atoms with Crippen LogP contribution in [0.25, 0.3) is 11.1 Å². The van der Waals surface area contributed by atoms with Crippen molar-refractivity contribution >= 4 is 18.0 Å². The zero-order valence-corrected chi connectivity index (χ0v) is 16.3. The van der Waals surface area contributed by atoms with Crippen molar-refractivity contribution in [3.63, 3.8) is 0 Å². The minimum Gasteiger partial charge on any atom is -0.481 e. The molecule has 1 aliphatic carbocycles.